The minimum atomic E-state index is 0.113. The Morgan fingerprint density at radius 3 is 2.79 bits per heavy atom. The highest BCUT2D eigenvalue weighted by atomic mass is 32.2. The Morgan fingerprint density at radius 2 is 2.16 bits per heavy atom. The molecule has 4 nitrogen and oxygen atoms in total. The zero-order chi connectivity index (χ0) is 14.0. The summed E-state index contributed by atoms with van der Waals surface area (Å²) in [5, 5.41) is 0.906. The van der Waals surface area contributed by atoms with Gasteiger partial charge in [-0.05, 0) is 17.5 Å². The number of rotatable bonds is 4. The lowest BCUT2D eigenvalue weighted by Gasteiger charge is -2.26. The number of aromatic amines is 1. The van der Waals surface area contributed by atoms with Gasteiger partial charge in [0.2, 0.25) is 0 Å². The van der Waals surface area contributed by atoms with E-state index in [-0.39, 0.29) is 11.5 Å². The minimum Gasteiger partial charge on any atom is -0.497 e. The zero-order valence-electron chi connectivity index (χ0n) is 11.9. The van der Waals surface area contributed by atoms with Crippen molar-refractivity contribution in [1.29, 1.82) is 0 Å². The van der Waals surface area contributed by atoms with E-state index in [9.17, 15) is 0 Å². The number of fused-ring (bicyclic) bond motifs is 1. The molecule has 1 unspecified atom stereocenters. The molecule has 1 atom stereocenters. The van der Waals surface area contributed by atoms with Crippen LogP contribution in [0.3, 0.4) is 0 Å². The molecule has 0 amide bonds. The third-order valence-electron chi connectivity index (χ3n) is 3.18. The zero-order valence-corrected chi connectivity index (χ0v) is 12.7. The molecule has 104 valence electrons. The molecule has 0 fully saturated rings. The van der Waals surface area contributed by atoms with Gasteiger partial charge in [0.25, 0.3) is 0 Å². The van der Waals surface area contributed by atoms with Crippen LogP contribution in [0, 0.1) is 5.41 Å². The van der Waals surface area contributed by atoms with E-state index in [0.29, 0.717) is 0 Å². The quantitative estimate of drug-likeness (QED) is 0.844. The maximum absolute atomic E-state index is 6.16. The smallest absolute Gasteiger partial charge is 0.166 e. The molecule has 0 aliphatic rings. The van der Waals surface area contributed by atoms with Gasteiger partial charge in [0.1, 0.15) is 5.75 Å². The predicted octanol–water partition coefficient (Wildman–Crippen LogP) is 3.04. The first kappa shape index (κ1) is 14.2. The van der Waals surface area contributed by atoms with Crippen LogP contribution in [0.15, 0.2) is 23.4 Å². The summed E-state index contributed by atoms with van der Waals surface area (Å²) in [7, 11) is 1.66. The summed E-state index contributed by atoms with van der Waals surface area (Å²) in [6.45, 7) is 6.46. The van der Waals surface area contributed by atoms with Gasteiger partial charge in [0, 0.05) is 17.9 Å². The van der Waals surface area contributed by atoms with Crippen molar-refractivity contribution in [3.8, 4) is 5.75 Å². The molecule has 1 heterocycles. The Bertz CT molecular complexity index is 559. The van der Waals surface area contributed by atoms with Crippen molar-refractivity contribution in [1.82, 2.24) is 9.97 Å². The molecule has 0 saturated heterocycles. The Balaban J connectivity index is 2.09. The van der Waals surface area contributed by atoms with Gasteiger partial charge < -0.3 is 15.5 Å². The fourth-order valence-electron chi connectivity index (χ4n) is 1.58. The van der Waals surface area contributed by atoms with Gasteiger partial charge in [-0.2, -0.15) is 0 Å². The lowest BCUT2D eigenvalue weighted by atomic mass is 9.89. The van der Waals surface area contributed by atoms with E-state index < -0.39 is 0 Å². The Hall–Kier alpha value is -1.20. The molecule has 0 bridgehead atoms. The molecule has 0 aliphatic heterocycles. The number of nitrogens with two attached hydrogens (primary N) is 1. The first-order valence-electron chi connectivity index (χ1n) is 6.32. The Labute approximate surface area is 118 Å². The molecule has 3 N–H and O–H groups in total. The molecule has 1 aromatic carbocycles. The first-order valence-corrected chi connectivity index (χ1v) is 7.31. The number of nitrogens with one attached hydrogen (secondary N) is 1. The minimum absolute atomic E-state index is 0.113. The standard InChI is InChI=1S/C14H21N3OS/c1-14(2,3)12(15)8-19-13-16-10-6-5-9(18-4)7-11(10)17-13/h5-7,12H,8,15H2,1-4H3,(H,16,17). The third-order valence-corrected chi connectivity index (χ3v) is 4.17. The lowest BCUT2D eigenvalue weighted by Crippen LogP contribution is -2.37. The molecule has 0 saturated carbocycles. The van der Waals surface area contributed by atoms with E-state index in [2.05, 4.69) is 30.7 Å². The number of hydrogen-bond acceptors (Lipinski definition) is 4. The molecule has 0 radical (unpaired) electrons. The summed E-state index contributed by atoms with van der Waals surface area (Å²) in [6, 6.07) is 5.97. The van der Waals surface area contributed by atoms with Crippen molar-refractivity contribution in [2.75, 3.05) is 12.9 Å². The Kier molecular flexibility index (Phi) is 4.06. The molecular weight excluding hydrogens is 258 g/mol. The predicted molar refractivity (Wildman–Crippen MR) is 80.8 cm³/mol. The summed E-state index contributed by atoms with van der Waals surface area (Å²) in [5.74, 6) is 1.68. The van der Waals surface area contributed by atoms with Gasteiger partial charge in [-0.15, -0.1) is 0 Å². The number of benzene rings is 1. The molecule has 0 spiro atoms. The molecule has 2 aromatic rings. The van der Waals surface area contributed by atoms with E-state index in [4.69, 9.17) is 10.5 Å². The van der Waals surface area contributed by atoms with Crippen LogP contribution in [-0.4, -0.2) is 28.9 Å². The fraction of sp³-hybridized carbons (Fsp3) is 0.500. The summed E-state index contributed by atoms with van der Waals surface area (Å²) in [6.07, 6.45) is 0. The van der Waals surface area contributed by atoms with Crippen molar-refractivity contribution in [2.45, 2.75) is 32.0 Å². The number of imidazole rings is 1. The van der Waals surface area contributed by atoms with Gasteiger partial charge in [-0.1, -0.05) is 32.5 Å². The lowest BCUT2D eigenvalue weighted by molar-refractivity contribution is 0.344. The van der Waals surface area contributed by atoms with Crippen molar-refractivity contribution >= 4 is 22.8 Å². The van der Waals surface area contributed by atoms with E-state index in [1.807, 2.05) is 18.2 Å². The van der Waals surface area contributed by atoms with Crippen LogP contribution in [-0.2, 0) is 0 Å². The number of hydrogen-bond donors (Lipinski definition) is 2. The molecule has 19 heavy (non-hydrogen) atoms. The normalized spacial score (nSPS) is 13.7. The van der Waals surface area contributed by atoms with Gasteiger partial charge in [0.05, 0.1) is 18.1 Å². The second-order valence-corrected chi connectivity index (χ2v) is 6.72. The summed E-state index contributed by atoms with van der Waals surface area (Å²) >= 11 is 1.66. The number of thioether (sulfide) groups is 1. The van der Waals surface area contributed by atoms with Crippen molar-refractivity contribution in [2.24, 2.45) is 11.1 Å². The highest BCUT2D eigenvalue weighted by Crippen LogP contribution is 2.26. The molecule has 5 heteroatoms. The van der Waals surface area contributed by atoms with Gasteiger partial charge in [-0.25, -0.2) is 4.98 Å². The second-order valence-electron chi connectivity index (χ2n) is 5.71. The molecule has 2 rings (SSSR count). The maximum atomic E-state index is 6.16. The van der Waals surface area contributed by atoms with Gasteiger partial charge in [0.15, 0.2) is 5.16 Å². The number of methoxy groups -OCH3 is 1. The van der Waals surface area contributed by atoms with Crippen molar-refractivity contribution in [3.05, 3.63) is 18.2 Å². The maximum Gasteiger partial charge on any atom is 0.166 e. The SMILES string of the molecule is COc1ccc2nc(SCC(N)C(C)(C)C)[nH]c2c1. The van der Waals surface area contributed by atoms with Crippen LogP contribution in [0.2, 0.25) is 0 Å². The average Bonchev–Trinajstić information content (AvgIpc) is 2.76. The Morgan fingerprint density at radius 1 is 1.42 bits per heavy atom. The number of H-pyrrole nitrogens is 1. The van der Waals surface area contributed by atoms with Crippen LogP contribution in [0.1, 0.15) is 20.8 Å². The van der Waals surface area contributed by atoms with Crippen LogP contribution in [0.5, 0.6) is 5.75 Å². The highest BCUT2D eigenvalue weighted by molar-refractivity contribution is 7.99. The topological polar surface area (TPSA) is 63.9 Å². The van der Waals surface area contributed by atoms with Gasteiger partial charge in [-0.3, -0.25) is 0 Å². The van der Waals surface area contributed by atoms with E-state index in [0.717, 1.165) is 27.7 Å². The number of aromatic nitrogens is 2. The van der Waals surface area contributed by atoms with Gasteiger partial charge >= 0.3 is 0 Å². The second kappa shape index (κ2) is 5.43. The van der Waals surface area contributed by atoms with Crippen molar-refractivity contribution in [3.63, 3.8) is 0 Å². The van der Waals surface area contributed by atoms with Crippen LogP contribution < -0.4 is 10.5 Å². The fourth-order valence-corrected chi connectivity index (χ4v) is 2.76. The summed E-state index contributed by atoms with van der Waals surface area (Å²) in [4.78, 5) is 7.83. The molecule has 0 aliphatic carbocycles. The van der Waals surface area contributed by atoms with Crippen LogP contribution >= 0.6 is 11.8 Å². The monoisotopic (exact) mass is 279 g/mol. The van der Waals surface area contributed by atoms with Crippen LogP contribution in [0.25, 0.3) is 11.0 Å². The summed E-state index contributed by atoms with van der Waals surface area (Å²) in [5.41, 5.74) is 8.21. The van der Waals surface area contributed by atoms with E-state index >= 15 is 0 Å². The number of nitrogens with zero attached hydrogens (tertiary/aromatic N) is 1. The first-order chi connectivity index (χ1) is 8.90. The highest BCUT2D eigenvalue weighted by Gasteiger charge is 2.21. The summed E-state index contributed by atoms with van der Waals surface area (Å²) < 4.78 is 5.20. The average molecular weight is 279 g/mol. The third kappa shape index (κ3) is 3.42. The van der Waals surface area contributed by atoms with Crippen LogP contribution in [0.4, 0.5) is 0 Å². The van der Waals surface area contributed by atoms with E-state index in [1.165, 1.54) is 0 Å². The molecular formula is C14H21N3OS. The van der Waals surface area contributed by atoms with E-state index in [1.54, 1.807) is 18.9 Å². The molecule has 1 aromatic heterocycles. The number of ether oxygens (including phenoxy) is 1. The largest absolute Gasteiger partial charge is 0.497 e. The van der Waals surface area contributed by atoms with Crippen molar-refractivity contribution < 1.29 is 4.74 Å².